The fourth-order valence-corrected chi connectivity index (χ4v) is 4.51. The van der Waals surface area contributed by atoms with Crippen LogP contribution >= 0.6 is 15.9 Å². The van der Waals surface area contributed by atoms with Gasteiger partial charge in [-0.2, -0.15) is 0 Å². The van der Waals surface area contributed by atoms with Crippen LogP contribution in [0.15, 0.2) is 53.0 Å². The van der Waals surface area contributed by atoms with Gasteiger partial charge in [-0.05, 0) is 56.5 Å². The van der Waals surface area contributed by atoms with Crippen LogP contribution in [0.3, 0.4) is 0 Å². The molecule has 0 bridgehead atoms. The third-order valence-corrected chi connectivity index (χ3v) is 5.79. The average Bonchev–Trinajstić information content (AvgIpc) is 2.61. The molecule has 0 saturated carbocycles. The Morgan fingerprint density at radius 3 is 2.33 bits per heavy atom. The minimum Gasteiger partial charge on any atom is -0.459 e. The molecule has 0 aliphatic carbocycles. The number of esters is 1. The number of halogens is 1. The third-order valence-electron chi connectivity index (χ3n) is 5.27. The molecule has 27 heavy (non-hydrogen) atoms. The number of fused-ring (bicyclic) bond motifs is 1. The summed E-state index contributed by atoms with van der Waals surface area (Å²) in [5.74, 6) is -1.43. The van der Waals surface area contributed by atoms with Crippen molar-refractivity contribution in [1.29, 1.82) is 0 Å². The zero-order valence-electron chi connectivity index (χ0n) is 16.1. The van der Waals surface area contributed by atoms with E-state index < -0.39 is 17.4 Å². The van der Waals surface area contributed by atoms with Crippen LogP contribution in [-0.4, -0.2) is 24.0 Å². The lowest BCUT2D eigenvalue weighted by molar-refractivity contribution is -0.153. The summed E-state index contributed by atoms with van der Waals surface area (Å²) >= 11 is 3.50. The van der Waals surface area contributed by atoms with E-state index in [4.69, 9.17) is 4.74 Å². The predicted molar refractivity (Wildman–Crippen MR) is 110 cm³/mol. The Labute approximate surface area is 168 Å². The summed E-state index contributed by atoms with van der Waals surface area (Å²) in [5.41, 5.74) is 2.13. The van der Waals surface area contributed by atoms with Crippen molar-refractivity contribution in [3.05, 3.63) is 64.1 Å². The molecule has 4 nitrogen and oxygen atoms in total. The Balaban J connectivity index is 2.16. The Hall–Kier alpha value is -2.14. The largest absolute Gasteiger partial charge is 0.459 e. The van der Waals surface area contributed by atoms with E-state index >= 15 is 0 Å². The lowest BCUT2D eigenvalue weighted by atomic mass is 9.65. The van der Waals surface area contributed by atoms with Crippen LogP contribution in [0.5, 0.6) is 0 Å². The molecular weight excluding hydrogens is 406 g/mol. The van der Waals surface area contributed by atoms with Crippen molar-refractivity contribution in [2.75, 3.05) is 11.5 Å². The number of anilines is 1. The number of carbonyl (C=O) groups is 2. The first-order chi connectivity index (χ1) is 12.7. The number of amides is 1. The first-order valence-corrected chi connectivity index (χ1v) is 9.87. The highest BCUT2D eigenvalue weighted by molar-refractivity contribution is 9.10. The maximum Gasteiger partial charge on any atom is 0.397 e. The smallest absolute Gasteiger partial charge is 0.397 e. The van der Waals surface area contributed by atoms with Crippen molar-refractivity contribution in [3.63, 3.8) is 0 Å². The molecule has 0 spiro atoms. The van der Waals surface area contributed by atoms with Gasteiger partial charge in [-0.25, -0.2) is 4.79 Å². The molecule has 5 heteroatoms. The maximum absolute atomic E-state index is 12.9. The Morgan fingerprint density at radius 1 is 1.07 bits per heavy atom. The molecule has 0 radical (unpaired) electrons. The number of benzene rings is 2. The second kappa shape index (κ2) is 7.12. The van der Waals surface area contributed by atoms with E-state index in [1.807, 2.05) is 50.2 Å². The van der Waals surface area contributed by atoms with Crippen molar-refractivity contribution in [1.82, 2.24) is 0 Å². The molecule has 1 heterocycles. The molecule has 3 rings (SSSR count). The summed E-state index contributed by atoms with van der Waals surface area (Å²) in [7, 11) is 0. The molecule has 0 saturated heterocycles. The van der Waals surface area contributed by atoms with Gasteiger partial charge in [0.15, 0.2) is 0 Å². The predicted octanol–water partition coefficient (Wildman–Crippen LogP) is 4.83. The van der Waals surface area contributed by atoms with Crippen LogP contribution in [0.4, 0.5) is 5.69 Å². The summed E-state index contributed by atoms with van der Waals surface area (Å²) in [6.45, 7) is 8.07. The molecule has 1 amide bonds. The minimum absolute atomic E-state index is 0.178. The van der Waals surface area contributed by atoms with Crippen molar-refractivity contribution in [2.24, 2.45) is 0 Å². The van der Waals surface area contributed by atoms with Gasteiger partial charge < -0.3 is 4.74 Å². The van der Waals surface area contributed by atoms with E-state index in [0.29, 0.717) is 6.42 Å². The van der Waals surface area contributed by atoms with Gasteiger partial charge in [-0.15, -0.1) is 0 Å². The van der Waals surface area contributed by atoms with Crippen LogP contribution in [0.1, 0.15) is 45.2 Å². The average molecular weight is 430 g/mol. The van der Waals surface area contributed by atoms with Crippen molar-refractivity contribution < 1.29 is 14.3 Å². The van der Waals surface area contributed by atoms with E-state index in [-0.39, 0.29) is 12.0 Å². The summed E-state index contributed by atoms with van der Waals surface area (Å²) < 4.78 is 6.00. The van der Waals surface area contributed by atoms with Gasteiger partial charge in [-0.1, -0.05) is 53.2 Å². The van der Waals surface area contributed by atoms with Crippen LogP contribution in [0, 0.1) is 0 Å². The van der Waals surface area contributed by atoms with Crippen LogP contribution < -0.4 is 4.90 Å². The van der Waals surface area contributed by atoms with Gasteiger partial charge in [0.2, 0.25) is 0 Å². The summed E-state index contributed by atoms with van der Waals surface area (Å²) in [4.78, 5) is 26.7. The molecule has 1 atom stereocenters. The summed E-state index contributed by atoms with van der Waals surface area (Å²) in [5, 5.41) is 0. The fraction of sp³-hybridized carbons (Fsp3) is 0.364. The Morgan fingerprint density at radius 2 is 1.70 bits per heavy atom. The number of carbonyl (C=O) groups excluding carboxylic acids is 2. The quantitative estimate of drug-likeness (QED) is 0.506. The molecule has 0 N–H and O–H groups in total. The van der Waals surface area contributed by atoms with Crippen molar-refractivity contribution in [3.8, 4) is 0 Å². The van der Waals surface area contributed by atoms with E-state index in [2.05, 4.69) is 35.0 Å². The van der Waals surface area contributed by atoms with Crippen LogP contribution in [-0.2, 0) is 19.7 Å². The standard InChI is InChI=1S/C22H24BrNO3/c1-5-27-20(26)19(25)24-18-9-7-6-8-17(18)22(4,14-21(24,2)3)15-10-12-16(23)13-11-15/h6-13H,5,14H2,1-4H3/t22-/m1/s1. The number of rotatable bonds is 2. The molecule has 0 aromatic heterocycles. The number of ether oxygens (including phenoxy) is 1. The zero-order chi connectivity index (χ0) is 19.8. The van der Waals surface area contributed by atoms with Gasteiger partial charge in [0.1, 0.15) is 0 Å². The van der Waals surface area contributed by atoms with Gasteiger partial charge in [0.25, 0.3) is 0 Å². The lowest BCUT2D eigenvalue weighted by Crippen LogP contribution is -2.57. The zero-order valence-corrected chi connectivity index (χ0v) is 17.7. The van der Waals surface area contributed by atoms with Gasteiger partial charge in [0, 0.05) is 21.1 Å². The van der Waals surface area contributed by atoms with Crippen LogP contribution in [0.2, 0.25) is 0 Å². The number of hydrogen-bond acceptors (Lipinski definition) is 3. The van der Waals surface area contributed by atoms with E-state index in [9.17, 15) is 9.59 Å². The molecule has 142 valence electrons. The van der Waals surface area contributed by atoms with E-state index in [1.165, 1.54) is 5.56 Å². The molecule has 1 aliphatic heterocycles. The number of para-hydroxylation sites is 1. The highest BCUT2D eigenvalue weighted by Gasteiger charge is 2.49. The van der Waals surface area contributed by atoms with Crippen molar-refractivity contribution in [2.45, 2.75) is 45.1 Å². The van der Waals surface area contributed by atoms with Gasteiger partial charge >= 0.3 is 11.9 Å². The van der Waals surface area contributed by atoms with Gasteiger partial charge in [-0.3, -0.25) is 9.69 Å². The lowest BCUT2D eigenvalue weighted by Gasteiger charge is -2.51. The Bertz CT molecular complexity index is 875. The third kappa shape index (κ3) is 3.41. The topological polar surface area (TPSA) is 46.6 Å². The van der Waals surface area contributed by atoms with E-state index in [0.717, 1.165) is 15.7 Å². The maximum atomic E-state index is 12.9. The number of hydrogen-bond donors (Lipinski definition) is 0. The molecular formula is C22H24BrNO3. The Kier molecular flexibility index (Phi) is 5.17. The fourth-order valence-electron chi connectivity index (χ4n) is 4.24. The molecule has 2 aromatic carbocycles. The second-order valence-electron chi connectivity index (χ2n) is 7.71. The highest BCUT2D eigenvalue weighted by Crippen LogP contribution is 2.50. The molecule has 0 fully saturated rings. The SMILES string of the molecule is CCOC(=O)C(=O)N1c2ccccc2[C@@](C)(c2ccc(Br)cc2)CC1(C)C. The minimum atomic E-state index is -0.812. The summed E-state index contributed by atoms with van der Waals surface area (Å²) in [6, 6.07) is 16.1. The first kappa shape index (κ1) is 19.6. The normalized spacial score (nSPS) is 20.7. The highest BCUT2D eigenvalue weighted by atomic mass is 79.9. The second-order valence-corrected chi connectivity index (χ2v) is 8.62. The van der Waals surface area contributed by atoms with Gasteiger partial charge in [0.05, 0.1) is 6.61 Å². The van der Waals surface area contributed by atoms with Crippen LogP contribution in [0.25, 0.3) is 0 Å². The first-order valence-electron chi connectivity index (χ1n) is 9.07. The van der Waals surface area contributed by atoms with E-state index in [1.54, 1.807) is 11.8 Å². The molecule has 1 aliphatic rings. The summed E-state index contributed by atoms with van der Waals surface area (Å²) in [6.07, 6.45) is 0.684. The molecule has 2 aromatic rings. The monoisotopic (exact) mass is 429 g/mol. The number of nitrogens with zero attached hydrogens (tertiary/aromatic N) is 1. The van der Waals surface area contributed by atoms with Crippen molar-refractivity contribution >= 4 is 33.5 Å². The molecule has 0 unspecified atom stereocenters.